The van der Waals surface area contributed by atoms with Gasteiger partial charge in [-0.2, -0.15) is 9.57 Å². The highest BCUT2D eigenvalue weighted by Gasteiger charge is 2.22. The van der Waals surface area contributed by atoms with Crippen LogP contribution in [0.1, 0.15) is 29.8 Å². The number of halogens is 1. The Morgan fingerprint density at radius 2 is 1.83 bits per heavy atom. The van der Waals surface area contributed by atoms with Crippen molar-refractivity contribution in [2.45, 2.75) is 18.7 Å². The van der Waals surface area contributed by atoms with Gasteiger partial charge in [0.25, 0.3) is 5.91 Å². The lowest BCUT2D eigenvalue weighted by Crippen LogP contribution is -2.31. The Morgan fingerprint density at radius 3 is 2.48 bits per heavy atom. The van der Waals surface area contributed by atoms with Gasteiger partial charge in [-0.15, -0.1) is 0 Å². The summed E-state index contributed by atoms with van der Waals surface area (Å²) in [5.74, 6) is -1.05. The van der Waals surface area contributed by atoms with Gasteiger partial charge in [-0.05, 0) is 30.3 Å². The van der Waals surface area contributed by atoms with E-state index in [0.717, 1.165) is 0 Å². The van der Waals surface area contributed by atoms with Crippen LogP contribution in [0.25, 0.3) is 0 Å². The third-order valence-electron chi connectivity index (χ3n) is 4.29. The van der Waals surface area contributed by atoms with E-state index < -0.39 is 21.7 Å². The Labute approximate surface area is 170 Å². The van der Waals surface area contributed by atoms with Crippen LogP contribution in [0, 0.1) is 17.1 Å². The van der Waals surface area contributed by atoms with Gasteiger partial charge in [-0.1, -0.05) is 26.0 Å². The maximum absolute atomic E-state index is 13.6. The highest BCUT2D eigenvalue weighted by atomic mass is 32.2. The van der Waals surface area contributed by atoms with Gasteiger partial charge >= 0.3 is 0 Å². The molecular weight excluding hydrogens is 395 g/mol. The average Bonchev–Trinajstić information content (AvgIpc) is 2.72. The minimum atomic E-state index is -3.66. The first-order valence-electron chi connectivity index (χ1n) is 9.16. The van der Waals surface area contributed by atoms with E-state index in [1.807, 2.05) is 0 Å². The second kappa shape index (κ2) is 10.0. The topological polar surface area (TPSA) is 102 Å². The second-order valence-electron chi connectivity index (χ2n) is 6.07. The zero-order chi connectivity index (χ0) is 21.4. The maximum Gasteiger partial charge on any atom is 0.251 e. The van der Waals surface area contributed by atoms with Crippen molar-refractivity contribution >= 4 is 21.6 Å². The third-order valence-corrected chi connectivity index (χ3v) is 6.34. The molecule has 0 saturated heterocycles. The predicted octanol–water partition coefficient (Wildman–Crippen LogP) is 2.57. The molecule has 7 nitrogen and oxygen atoms in total. The molecule has 0 aliphatic carbocycles. The Hall–Kier alpha value is -2.96. The summed E-state index contributed by atoms with van der Waals surface area (Å²) in [6.45, 7) is 4.65. The van der Waals surface area contributed by atoms with Crippen LogP contribution >= 0.6 is 0 Å². The number of amides is 1. The molecule has 154 valence electrons. The number of carbonyl (C=O) groups excluding carboxylic acids is 1. The van der Waals surface area contributed by atoms with E-state index >= 15 is 0 Å². The molecule has 29 heavy (non-hydrogen) atoms. The highest BCUT2D eigenvalue weighted by molar-refractivity contribution is 7.89. The molecule has 0 fully saturated rings. The predicted molar refractivity (Wildman–Crippen MR) is 108 cm³/mol. The number of nitrogens with one attached hydrogen (secondary N) is 2. The molecule has 0 heterocycles. The summed E-state index contributed by atoms with van der Waals surface area (Å²) in [6.07, 6.45) is 0. The van der Waals surface area contributed by atoms with Crippen molar-refractivity contribution < 1.29 is 17.6 Å². The van der Waals surface area contributed by atoms with Crippen molar-refractivity contribution in [3.05, 3.63) is 59.4 Å². The van der Waals surface area contributed by atoms with Crippen LogP contribution in [0.15, 0.2) is 47.4 Å². The van der Waals surface area contributed by atoms with Crippen LogP contribution in [0.5, 0.6) is 0 Å². The molecule has 0 radical (unpaired) electrons. The molecule has 1 amide bonds. The van der Waals surface area contributed by atoms with Gasteiger partial charge in [0.1, 0.15) is 17.4 Å². The normalized spacial score (nSPS) is 11.1. The van der Waals surface area contributed by atoms with Crippen LogP contribution in [-0.4, -0.2) is 44.8 Å². The Kier molecular flexibility index (Phi) is 7.70. The van der Waals surface area contributed by atoms with Crippen molar-refractivity contribution in [1.82, 2.24) is 9.62 Å². The molecule has 0 aliphatic rings. The average molecular weight is 418 g/mol. The van der Waals surface area contributed by atoms with Crippen molar-refractivity contribution in [3.8, 4) is 6.07 Å². The zero-order valence-electron chi connectivity index (χ0n) is 16.3. The largest absolute Gasteiger partial charge is 0.382 e. The monoisotopic (exact) mass is 418 g/mol. The second-order valence-corrected chi connectivity index (χ2v) is 8.01. The molecule has 0 saturated carbocycles. The molecule has 2 rings (SSSR count). The summed E-state index contributed by atoms with van der Waals surface area (Å²) >= 11 is 0. The van der Waals surface area contributed by atoms with Crippen molar-refractivity contribution in [1.29, 1.82) is 5.26 Å². The molecule has 0 bridgehead atoms. The van der Waals surface area contributed by atoms with E-state index in [9.17, 15) is 17.6 Å². The van der Waals surface area contributed by atoms with Gasteiger partial charge in [-0.25, -0.2) is 12.8 Å². The first-order valence-corrected chi connectivity index (χ1v) is 10.6. The molecule has 9 heteroatoms. The van der Waals surface area contributed by atoms with E-state index in [4.69, 9.17) is 5.26 Å². The lowest BCUT2D eigenvalue weighted by molar-refractivity contribution is 0.0955. The van der Waals surface area contributed by atoms with Gasteiger partial charge in [0.2, 0.25) is 10.0 Å². The fraction of sp³-hybridized carbons (Fsp3) is 0.300. The lowest BCUT2D eigenvalue weighted by atomic mass is 10.2. The first kappa shape index (κ1) is 22.3. The minimum absolute atomic E-state index is 0.0606. The molecule has 0 unspecified atom stereocenters. The molecule has 0 aromatic heterocycles. The van der Waals surface area contributed by atoms with E-state index in [1.54, 1.807) is 26.0 Å². The van der Waals surface area contributed by atoms with Gasteiger partial charge in [0.15, 0.2) is 0 Å². The molecular formula is C20H23FN4O3S. The van der Waals surface area contributed by atoms with Crippen molar-refractivity contribution in [3.63, 3.8) is 0 Å². The van der Waals surface area contributed by atoms with E-state index in [2.05, 4.69) is 10.6 Å². The Balaban J connectivity index is 2.00. The summed E-state index contributed by atoms with van der Waals surface area (Å²) in [4.78, 5) is 12.4. The molecule has 0 atom stereocenters. The van der Waals surface area contributed by atoms with Gasteiger partial charge < -0.3 is 10.6 Å². The number of sulfonamides is 1. The summed E-state index contributed by atoms with van der Waals surface area (Å²) in [5, 5.41) is 14.6. The van der Waals surface area contributed by atoms with E-state index in [0.29, 0.717) is 18.8 Å². The highest BCUT2D eigenvalue weighted by Crippen LogP contribution is 2.18. The van der Waals surface area contributed by atoms with Gasteiger partial charge in [0, 0.05) is 31.7 Å². The fourth-order valence-corrected chi connectivity index (χ4v) is 4.28. The summed E-state index contributed by atoms with van der Waals surface area (Å²) < 4.78 is 40.1. The number of rotatable bonds is 9. The number of benzene rings is 2. The van der Waals surface area contributed by atoms with Crippen LogP contribution in [-0.2, 0) is 10.0 Å². The molecule has 2 N–H and O–H groups in total. The van der Waals surface area contributed by atoms with Crippen LogP contribution in [0.4, 0.5) is 10.1 Å². The van der Waals surface area contributed by atoms with Crippen LogP contribution in [0.2, 0.25) is 0 Å². The SMILES string of the molecule is CCN(CC)S(=O)(=O)c1cccc(C(=O)NCCNc2cccc(F)c2C#N)c1. The summed E-state index contributed by atoms with van der Waals surface area (Å²) in [5.41, 5.74) is 0.476. The number of carbonyl (C=O) groups is 1. The number of hydrogen-bond donors (Lipinski definition) is 2. The standard InChI is InChI=1S/C20H23FN4O3S/c1-3-25(4-2)29(27,28)16-8-5-7-15(13-16)20(26)24-12-11-23-19-10-6-9-18(21)17(19)14-22/h5-10,13,23H,3-4,11-12H2,1-2H3,(H,24,26). The number of hydrogen-bond acceptors (Lipinski definition) is 5. The first-order chi connectivity index (χ1) is 13.8. The van der Waals surface area contributed by atoms with Crippen molar-refractivity contribution in [2.75, 3.05) is 31.5 Å². The van der Waals surface area contributed by atoms with E-state index in [-0.39, 0.29) is 29.1 Å². The van der Waals surface area contributed by atoms with Gasteiger partial charge in [0.05, 0.1) is 10.6 Å². The molecule has 0 spiro atoms. The van der Waals surface area contributed by atoms with Crippen LogP contribution in [0.3, 0.4) is 0 Å². The van der Waals surface area contributed by atoms with Crippen LogP contribution < -0.4 is 10.6 Å². The number of nitriles is 1. The quantitative estimate of drug-likeness (QED) is 0.610. The van der Waals surface area contributed by atoms with Gasteiger partial charge in [-0.3, -0.25) is 4.79 Å². The Bertz CT molecular complexity index is 1010. The lowest BCUT2D eigenvalue weighted by Gasteiger charge is -2.18. The maximum atomic E-state index is 13.6. The Morgan fingerprint density at radius 1 is 1.14 bits per heavy atom. The molecule has 2 aromatic rings. The fourth-order valence-electron chi connectivity index (χ4n) is 2.77. The molecule has 0 aliphatic heterocycles. The van der Waals surface area contributed by atoms with Crippen molar-refractivity contribution in [2.24, 2.45) is 0 Å². The molecule has 2 aromatic carbocycles. The number of anilines is 1. The summed E-state index contributed by atoms with van der Waals surface area (Å²) in [6, 6.07) is 11.9. The minimum Gasteiger partial charge on any atom is -0.382 e. The number of nitrogens with zero attached hydrogens (tertiary/aromatic N) is 2. The third kappa shape index (κ3) is 5.31. The smallest absolute Gasteiger partial charge is 0.251 e. The van der Waals surface area contributed by atoms with E-state index in [1.165, 1.54) is 40.7 Å². The zero-order valence-corrected chi connectivity index (χ0v) is 17.1. The summed E-state index contributed by atoms with van der Waals surface area (Å²) in [7, 11) is -3.66.